The van der Waals surface area contributed by atoms with Crippen molar-refractivity contribution in [1.29, 1.82) is 0 Å². The third-order valence-corrected chi connectivity index (χ3v) is 4.08. The van der Waals surface area contributed by atoms with E-state index in [9.17, 15) is 9.18 Å². The minimum Gasteiger partial charge on any atom is -0.353 e. The summed E-state index contributed by atoms with van der Waals surface area (Å²) in [5.74, 6) is 0.128. The van der Waals surface area contributed by atoms with Gasteiger partial charge in [-0.15, -0.1) is 0 Å². The summed E-state index contributed by atoms with van der Waals surface area (Å²) >= 11 is 0. The van der Waals surface area contributed by atoms with Gasteiger partial charge in [-0.05, 0) is 43.0 Å². The van der Waals surface area contributed by atoms with E-state index in [1.807, 2.05) is 4.90 Å². The second kappa shape index (κ2) is 6.77. The molecule has 120 valence electrons. The lowest BCUT2D eigenvalue weighted by Gasteiger charge is -2.30. The van der Waals surface area contributed by atoms with Crippen LogP contribution in [0.5, 0.6) is 0 Å². The molecule has 1 atom stereocenters. The van der Waals surface area contributed by atoms with Gasteiger partial charge in [-0.25, -0.2) is 4.39 Å². The van der Waals surface area contributed by atoms with E-state index in [1.165, 1.54) is 6.07 Å². The maximum absolute atomic E-state index is 13.7. The quantitative estimate of drug-likeness (QED) is 0.936. The largest absolute Gasteiger partial charge is 0.353 e. The fourth-order valence-corrected chi connectivity index (χ4v) is 2.88. The fourth-order valence-electron chi connectivity index (χ4n) is 2.88. The number of halogens is 1. The van der Waals surface area contributed by atoms with Crippen LogP contribution in [0, 0.1) is 11.7 Å². The summed E-state index contributed by atoms with van der Waals surface area (Å²) in [4.78, 5) is 18.6. The van der Waals surface area contributed by atoms with Gasteiger partial charge in [0.1, 0.15) is 11.5 Å². The molecule has 1 saturated heterocycles. The zero-order chi connectivity index (χ0) is 16.2. The minimum absolute atomic E-state index is 0.0614. The van der Waals surface area contributed by atoms with E-state index < -0.39 is 0 Å². The molecule has 0 saturated carbocycles. The van der Waals surface area contributed by atoms with Crippen molar-refractivity contribution < 1.29 is 9.18 Å². The van der Waals surface area contributed by atoms with Gasteiger partial charge in [0.2, 0.25) is 0 Å². The van der Waals surface area contributed by atoms with Gasteiger partial charge in [-0.3, -0.25) is 9.78 Å². The smallest absolute Gasteiger partial charge is 0.272 e. The van der Waals surface area contributed by atoms with Gasteiger partial charge in [0.25, 0.3) is 5.91 Å². The monoisotopic (exact) mass is 313 g/mol. The van der Waals surface area contributed by atoms with Crippen molar-refractivity contribution in [2.24, 2.45) is 5.92 Å². The van der Waals surface area contributed by atoms with Crippen molar-refractivity contribution in [3.63, 3.8) is 0 Å². The van der Waals surface area contributed by atoms with Crippen LogP contribution in [-0.4, -0.2) is 28.9 Å². The molecule has 1 aliphatic heterocycles. The predicted octanol–water partition coefficient (Wildman–Crippen LogP) is 3.84. The Hall–Kier alpha value is -2.43. The minimum atomic E-state index is -0.331. The molecule has 0 radical (unpaired) electrons. The molecule has 2 heterocycles. The van der Waals surface area contributed by atoms with Gasteiger partial charge in [0, 0.05) is 25.0 Å². The normalized spacial score (nSPS) is 17.8. The van der Waals surface area contributed by atoms with Gasteiger partial charge in [-0.1, -0.05) is 19.1 Å². The van der Waals surface area contributed by atoms with Crippen LogP contribution in [0.1, 0.15) is 30.3 Å². The van der Waals surface area contributed by atoms with Crippen LogP contribution in [0.25, 0.3) is 0 Å². The standard InChI is InChI=1S/C18H20FN3O/c1-13-5-4-10-22(12-13)18(23)17-11-14(8-9-20-17)21-16-7-3-2-6-15(16)19/h2-3,6-9,11,13H,4-5,10,12H2,1H3,(H,20,21). The Morgan fingerprint density at radius 1 is 1.35 bits per heavy atom. The summed E-state index contributed by atoms with van der Waals surface area (Å²) in [5.41, 5.74) is 1.42. The van der Waals surface area contributed by atoms with Gasteiger partial charge < -0.3 is 10.2 Å². The number of benzene rings is 1. The molecule has 5 heteroatoms. The topological polar surface area (TPSA) is 45.2 Å². The fraction of sp³-hybridized carbons (Fsp3) is 0.333. The lowest BCUT2D eigenvalue weighted by molar-refractivity contribution is 0.0677. The number of amides is 1. The van der Waals surface area contributed by atoms with E-state index in [1.54, 1.807) is 36.5 Å². The van der Waals surface area contributed by atoms with Crippen LogP contribution in [0.2, 0.25) is 0 Å². The summed E-state index contributed by atoms with van der Waals surface area (Å²) in [6.07, 6.45) is 3.76. The van der Waals surface area contributed by atoms with Gasteiger partial charge in [0.05, 0.1) is 5.69 Å². The summed E-state index contributed by atoms with van der Waals surface area (Å²) < 4.78 is 13.7. The first-order valence-electron chi connectivity index (χ1n) is 7.90. The number of pyridine rings is 1. The Labute approximate surface area is 135 Å². The predicted molar refractivity (Wildman–Crippen MR) is 88.2 cm³/mol. The van der Waals surface area contributed by atoms with Gasteiger partial charge in [-0.2, -0.15) is 0 Å². The number of likely N-dealkylation sites (tertiary alicyclic amines) is 1. The molecule has 4 nitrogen and oxygen atoms in total. The number of hydrogen-bond donors (Lipinski definition) is 1. The molecule has 1 fully saturated rings. The number of carbonyl (C=O) groups excluding carboxylic acids is 1. The molecule has 0 aliphatic carbocycles. The number of carbonyl (C=O) groups is 1. The third kappa shape index (κ3) is 3.67. The number of nitrogens with one attached hydrogen (secondary N) is 1. The van der Waals surface area contributed by atoms with Crippen LogP contribution in [0.4, 0.5) is 15.8 Å². The van der Waals surface area contributed by atoms with Crippen molar-refractivity contribution in [2.45, 2.75) is 19.8 Å². The Bertz CT molecular complexity index is 704. The second-order valence-corrected chi connectivity index (χ2v) is 6.03. The van der Waals surface area contributed by atoms with Gasteiger partial charge >= 0.3 is 0 Å². The number of anilines is 2. The zero-order valence-corrected chi connectivity index (χ0v) is 13.1. The van der Waals surface area contributed by atoms with Crippen LogP contribution in [-0.2, 0) is 0 Å². The van der Waals surface area contributed by atoms with Gasteiger partial charge in [0.15, 0.2) is 0 Å². The van der Waals surface area contributed by atoms with E-state index in [2.05, 4.69) is 17.2 Å². The summed E-state index contributed by atoms with van der Waals surface area (Å²) in [6, 6.07) is 9.84. The van der Waals surface area contributed by atoms with Crippen LogP contribution >= 0.6 is 0 Å². The maximum Gasteiger partial charge on any atom is 0.272 e. The molecule has 1 aromatic carbocycles. The highest BCUT2D eigenvalue weighted by Crippen LogP contribution is 2.21. The molecule has 3 rings (SSSR count). The number of para-hydroxylation sites is 1. The Morgan fingerprint density at radius 2 is 2.17 bits per heavy atom. The SMILES string of the molecule is CC1CCCN(C(=O)c2cc(Nc3ccccc3F)ccn2)C1. The number of rotatable bonds is 3. The Kier molecular flexibility index (Phi) is 4.55. The molecule has 1 aliphatic rings. The van der Waals surface area contributed by atoms with Crippen molar-refractivity contribution in [3.8, 4) is 0 Å². The Morgan fingerprint density at radius 3 is 2.96 bits per heavy atom. The van der Waals surface area contributed by atoms with Crippen LogP contribution in [0.15, 0.2) is 42.6 Å². The van der Waals surface area contributed by atoms with Crippen molar-refractivity contribution in [3.05, 3.63) is 54.1 Å². The van der Waals surface area contributed by atoms with E-state index >= 15 is 0 Å². The van der Waals surface area contributed by atoms with Crippen LogP contribution in [0.3, 0.4) is 0 Å². The first-order valence-corrected chi connectivity index (χ1v) is 7.90. The molecule has 1 amide bonds. The van der Waals surface area contributed by atoms with E-state index in [-0.39, 0.29) is 11.7 Å². The van der Waals surface area contributed by atoms with Crippen molar-refractivity contribution in [2.75, 3.05) is 18.4 Å². The highest BCUT2D eigenvalue weighted by molar-refractivity contribution is 5.93. The average molecular weight is 313 g/mol. The summed E-state index contributed by atoms with van der Waals surface area (Å²) in [5, 5.41) is 2.99. The van der Waals surface area contributed by atoms with Crippen LogP contribution < -0.4 is 5.32 Å². The van der Waals surface area contributed by atoms with E-state index in [4.69, 9.17) is 0 Å². The average Bonchev–Trinajstić information content (AvgIpc) is 2.56. The lowest BCUT2D eigenvalue weighted by Crippen LogP contribution is -2.39. The first-order chi connectivity index (χ1) is 11.1. The summed E-state index contributed by atoms with van der Waals surface area (Å²) in [7, 11) is 0. The molecule has 1 aromatic heterocycles. The zero-order valence-electron chi connectivity index (χ0n) is 13.1. The molecule has 23 heavy (non-hydrogen) atoms. The third-order valence-electron chi connectivity index (χ3n) is 4.08. The molecule has 1 unspecified atom stereocenters. The second-order valence-electron chi connectivity index (χ2n) is 6.03. The first kappa shape index (κ1) is 15.5. The van der Waals surface area contributed by atoms with E-state index in [0.717, 1.165) is 25.9 Å². The van der Waals surface area contributed by atoms with Crippen molar-refractivity contribution >= 4 is 17.3 Å². The number of hydrogen-bond acceptors (Lipinski definition) is 3. The molecule has 0 spiro atoms. The number of piperidine rings is 1. The highest BCUT2D eigenvalue weighted by atomic mass is 19.1. The number of nitrogens with zero attached hydrogens (tertiary/aromatic N) is 2. The maximum atomic E-state index is 13.7. The highest BCUT2D eigenvalue weighted by Gasteiger charge is 2.23. The Balaban J connectivity index is 1.77. The van der Waals surface area contributed by atoms with E-state index in [0.29, 0.717) is 23.0 Å². The molecule has 0 bridgehead atoms. The molecular weight excluding hydrogens is 293 g/mol. The van der Waals surface area contributed by atoms with Crippen molar-refractivity contribution in [1.82, 2.24) is 9.88 Å². The molecular formula is C18H20FN3O. The molecule has 2 aromatic rings. The lowest BCUT2D eigenvalue weighted by atomic mass is 10.00. The number of aromatic nitrogens is 1. The summed E-state index contributed by atoms with van der Waals surface area (Å²) in [6.45, 7) is 3.70. The molecule has 1 N–H and O–H groups in total.